The van der Waals surface area contributed by atoms with Gasteiger partial charge in [0.25, 0.3) is 0 Å². The van der Waals surface area contributed by atoms with Crippen molar-refractivity contribution in [3.63, 3.8) is 0 Å². The monoisotopic (exact) mass is 352 g/mol. The summed E-state index contributed by atoms with van der Waals surface area (Å²) < 4.78 is 6.36. The second-order valence-corrected chi connectivity index (χ2v) is 5.97. The minimum atomic E-state index is -0.477. The second-order valence-electron chi connectivity index (χ2n) is 5.97. The molecule has 1 fully saturated rings. The number of hydrogen-bond acceptors (Lipinski definition) is 6. The molecule has 1 aromatic heterocycles. The Morgan fingerprint density at radius 1 is 1.56 bits per heavy atom. The highest BCUT2D eigenvalue weighted by molar-refractivity contribution is 5.82. The highest BCUT2D eigenvalue weighted by atomic mass is 16.6. The molecule has 2 rings (SSSR count). The van der Waals surface area contributed by atoms with E-state index in [0.29, 0.717) is 26.2 Å². The number of nitro groups is 1. The van der Waals surface area contributed by atoms with E-state index in [2.05, 4.69) is 15.4 Å². The topological polar surface area (TPSA) is 115 Å². The van der Waals surface area contributed by atoms with Gasteiger partial charge in [-0.2, -0.15) is 5.10 Å². The summed E-state index contributed by atoms with van der Waals surface area (Å²) in [6.45, 7) is 6.85. The molecule has 0 bridgehead atoms. The van der Waals surface area contributed by atoms with Crippen LogP contribution in [0.2, 0.25) is 0 Å². The summed E-state index contributed by atoms with van der Waals surface area (Å²) in [4.78, 5) is 28.6. The van der Waals surface area contributed by atoms with E-state index in [1.807, 2.05) is 18.7 Å². The first kappa shape index (κ1) is 18.7. The number of nitrogens with one attached hydrogen (secondary N) is 1. The van der Waals surface area contributed by atoms with Crippen LogP contribution in [0.1, 0.15) is 13.8 Å². The van der Waals surface area contributed by atoms with E-state index < -0.39 is 4.92 Å². The van der Waals surface area contributed by atoms with Gasteiger partial charge in [0.05, 0.1) is 31.0 Å². The molecule has 0 aliphatic carbocycles. The summed E-state index contributed by atoms with van der Waals surface area (Å²) in [5.74, 6) is 0.546. The number of nitrogens with zero attached hydrogens (tertiary/aromatic N) is 5. The predicted octanol–water partition coefficient (Wildman–Crippen LogP) is 0.498. The molecular weight excluding hydrogens is 328 g/mol. The molecule has 2 unspecified atom stereocenters. The molecule has 0 spiro atoms. The van der Waals surface area contributed by atoms with E-state index in [-0.39, 0.29) is 23.5 Å². The summed E-state index contributed by atoms with van der Waals surface area (Å²) in [6, 6.07) is 0. The molecule has 1 aliphatic rings. The lowest BCUT2D eigenvalue weighted by atomic mass is 9.99. The molecular formula is C15H24N6O4. The number of carbonyl (C=O) groups is 1. The fourth-order valence-electron chi connectivity index (χ4n) is 2.85. The minimum absolute atomic E-state index is 0.0369. The molecule has 10 nitrogen and oxygen atoms in total. The number of likely N-dealkylation sites (tertiary alicyclic amines) is 1. The molecule has 10 heteroatoms. The summed E-state index contributed by atoms with van der Waals surface area (Å²) in [5.41, 5.74) is -0.0369. The number of carbonyl (C=O) groups excluding carboxylic acids is 1. The van der Waals surface area contributed by atoms with Crippen LogP contribution in [-0.4, -0.2) is 64.8 Å². The Hall–Kier alpha value is -2.65. The lowest BCUT2D eigenvalue weighted by Gasteiger charge is -2.21. The van der Waals surface area contributed by atoms with Crippen molar-refractivity contribution in [3.05, 3.63) is 22.5 Å². The molecule has 0 aromatic carbocycles. The number of rotatable bonds is 6. The first-order chi connectivity index (χ1) is 12.0. The van der Waals surface area contributed by atoms with Crippen LogP contribution in [0.4, 0.5) is 5.69 Å². The number of methoxy groups -OCH3 is 1. The number of guanidine groups is 1. The minimum Gasteiger partial charge on any atom is -0.469 e. The molecule has 1 aromatic rings. The number of esters is 1. The van der Waals surface area contributed by atoms with Crippen LogP contribution in [0.3, 0.4) is 0 Å². The first-order valence-corrected chi connectivity index (χ1v) is 8.24. The van der Waals surface area contributed by atoms with E-state index in [1.54, 1.807) is 0 Å². The molecule has 1 aliphatic heterocycles. The van der Waals surface area contributed by atoms with E-state index in [4.69, 9.17) is 4.74 Å². The smallest absolute Gasteiger partial charge is 0.310 e. The number of hydrogen-bond donors (Lipinski definition) is 1. The zero-order valence-corrected chi connectivity index (χ0v) is 14.7. The van der Waals surface area contributed by atoms with Crippen LogP contribution in [-0.2, 0) is 16.1 Å². The maximum absolute atomic E-state index is 11.8. The Kier molecular flexibility index (Phi) is 6.31. The van der Waals surface area contributed by atoms with Crippen molar-refractivity contribution < 1.29 is 14.5 Å². The standard InChI is InChI=1S/C15H24N6O4/c1-4-16-15(19-8-11(2)13(10-19)14(22)25-3)17-5-6-20-9-12(7-18-20)21(23)24/h7,9,11,13H,4-6,8,10H2,1-3H3,(H,16,17). The van der Waals surface area contributed by atoms with Crippen LogP contribution < -0.4 is 5.32 Å². The highest BCUT2D eigenvalue weighted by Gasteiger charge is 2.36. The fourth-order valence-corrected chi connectivity index (χ4v) is 2.85. The van der Waals surface area contributed by atoms with Crippen molar-refractivity contribution in [2.24, 2.45) is 16.8 Å². The summed E-state index contributed by atoms with van der Waals surface area (Å²) in [7, 11) is 1.40. The van der Waals surface area contributed by atoms with Crippen molar-refractivity contribution in [2.75, 3.05) is 33.3 Å². The van der Waals surface area contributed by atoms with Crippen molar-refractivity contribution in [3.8, 4) is 0 Å². The highest BCUT2D eigenvalue weighted by Crippen LogP contribution is 2.24. The van der Waals surface area contributed by atoms with Crippen molar-refractivity contribution in [2.45, 2.75) is 20.4 Å². The van der Waals surface area contributed by atoms with Gasteiger partial charge in [0.2, 0.25) is 0 Å². The fraction of sp³-hybridized carbons (Fsp3) is 0.667. The molecule has 2 heterocycles. The van der Waals surface area contributed by atoms with Crippen LogP contribution in [0.15, 0.2) is 17.4 Å². The van der Waals surface area contributed by atoms with E-state index in [1.165, 1.54) is 24.2 Å². The van der Waals surface area contributed by atoms with Crippen LogP contribution >= 0.6 is 0 Å². The molecule has 1 saturated heterocycles. The van der Waals surface area contributed by atoms with Crippen LogP contribution in [0.25, 0.3) is 0 Å². The van der Waals surface area contributed by atoms with Gasteiger partial charge in [0.15, 0.2) is 5.96 Å². The molecule has 25 heavy (non-hydrogen) atoms. The van der Waals surface area contributed by atoms with Gasteiger partial charge in [-0.1, -0.05) is 6.92 Å². The zero-order valence-electron chi connectivity index (χ0n) is 14.7. The van der Waals surface area contributed by atoms with E-state index >= 15 is 0 Å². The second kappa shape index (κ2) is 8.45. The van der Waals surface area contributed by atoms with Gasteiger partial charge >= 0.3 is 11.7 Å². The molecule has 0 amide bonds. The van der Waals surface area contributed by atoms with Crippen LogP contribution in [0, 0.1) is 22.0 Å². The van der Waals surface area contributed by atoms with Gasteiger partial charge in [0.1, 0.15) is 12.4 Å². The zero-order chi connectivity index (χ0) is 18.4. The quantitative estimate of drug-likeness (QED) is 0.260. The third-order valence-electron chi connectivity index (χ3n) is 4.17. The average molecular weight is 352 g/mol. The van der Waals surface area contributed by atoms with E-state index in [0.717, 1.165) is 12.5 Å². The van der Waals surface area contributed by atoms with Gasteiger partial charge in [-0.15, -0.1) is 0 Å². The molecule has 0 saturated carbocycles. The maximum atomic E-state index is 11.8. The number of aliphatic imine (C=N–C) groups is 1. The number of ether oxygens (including phenoxy) is 1. The Labute approximate surface area is 146 Å². The lowest BCUT2D eigenvalue weighted by Crippen LogP contribution is -2.40. The van der Waals surface area contributed by atoms with Crippen molar-refractivity contribution in [1.29, 1.82) is 0 Å². The Morgan fingerprint density at radius 3 is 2.92 bits per heavy atom. The van der Waals surface area contributed by atoms with Gasteiger partial charge in [-0.25, -0.2) is 0 Å². The molecule has 1 N–H and O–H groups in total. The number of aromatic nitrogens is 2. The van der Waals surface area contributed by atoms with Gasteiger partial charge in [0, 0.05) is 19.6 Å². The van der Waals surface area contributed by atoms with Gasteiger partial charge in [-0.05, 0) is 12.8 Å². The molecule has 0 radical (unpaired) electrons. The SMILES string of the molecule is CCNC(=NCCn1cc([N+](=O)[O-])cn1)N1CC(C)C(C(=O)OC)C1. The lowest BCUT2D eigenvalue weighted by molar-refractivity contribution is -0.385. The van der Waals surface area contributed by atoms with Crippen LogP contribution in [0.5, 0.6) is 0 Å². The van der Waals surface area contributed by atoms with E-state index in [9.17, 15) is 14.9 Å². The van der Waals surface area contributed by atoms with Crippen molar-refractivity contribution in [1.82, 2.24) is 20.0 Å². The third-order valence-corrected chi connectivity index (χ3v) is 4.17. The Balaban J connectivity index is 1.98. The first-order valence-electron chi connectivity index (χ1n) is 8.24. The predicted molar refractivity (Wildman–Crippen MR) is 91.1 cm³/mol. The Morgan fingerprint density at radius 2 is 2.32 bits per heavy atom. The normalized spacial score (nSPS) is 20.6. The van der Waals surface area contributed by atoms with Gasteiger partial charge in [-0.3, -0.25) is 24.6 Å². The Bertz CT molecular complexity index is 644. The maximum Gasteiger partial charge on any atom is 0.310 e. The summed E-state index contributed by atoms with van der Waals surface area (Å²) in [6.07, 6.45) is 2.60. The summed E-state index contributed by atoms with van der Waals surface area (Å²) >= 11 is 0. The van der Waals surface area contributed by atoms with Gasteiger partial charge < -0.3 is 15.0 Å². The largest absolute Gasteiger partial charge is 0.469 e. The average Bonchev–Trinajstić information content (AvgIpc) is 3.20. The molecule has 2 atom stereocenters. The van der Waals surface area contributed by atoms with Crippen molar-refractivity contribution >= 4 is 17.6 Å². The molecule has 138 valence electrons. The third kappa shape index (κ3) is 4.68. The summed E-state index contributed by atoms with van der Waals surface area (Å²) in [5, 5.41) is 17.8.